The van der Waals surface area contributed by atoms with Gasteiger partial charge in [0.25, 0.3) is 5.91 Å². The second-order valence-electron chi connectivity index (χ2n) is 5.07. The number of fused-ring (bicyclic) bond motifs is 1. The third kappa shape index (κ3) is 3.40. The molecule has 4 nitrogen and oxygen atoms in total. The van der Waals surface area contributed by atoms with Gasteiger partial charge in [0.1, 0.15) is 12.4 Å². The van der Waals surface area contributed by atoms with Crippen LogP contribution in [-0.2, 0) is 11.5 Å². The molecule has 1 N–H and O–H groups in total. The van der Waals surface area contributed by atoms with E-state index in [9.17, 15) is 4.79 Å². The van der Waals surface area contributed by atoms with E-state index in [-0.39, 0.29) is 5.91 Å². The number of carbonyl (C=O) groups excluding carboxylic acids is 1. The monoisotopic (exact) mass is 420 g/mol. The molecular weight excluding hydrogens is 403 g/mol. The van der Waals surface area contributed by atoms with Gasteiger partial charge in [-0.3, -0.25) is 4.79 Å². The van der Waals surface area contributed by atoms with E-state index in [1.807, 2.05) is 66.1 Å². The van der Waals surface area contributed by atoms with Gasteiger partial charge in [-0.15, -0.1) is 0 Å². The zero-order valence-electron chi connectivity index (χ0n) is 12.8. The molecule has 5 heteroatoms. The van der Waals surface area contributed by atoms with Crippen molar-refractivity contribution < 1.29 is 9.53 Å². The molecule has 23 heavy (non-hydrogen) atoms. The molecule has 0 atom stereocenters. The largest absolute Gasteiger partial charge is 0.361 e. The zero-order chi connectivity index (χ0) is 16.2. The smallest absolute Gasteiger partial charge is 0.272 e. The minimum atomic E-state index is -0.134. The lowest BCUT2D eigenvalue weighted by molar-refractivity contribution is 0.0843. The molecule has 118 valence electrons. The van der Waals surface area contributed by atoms with Gasteiger partial charge in [0, 0.05) is 15.6 Å². The van der Waals surface area contributed by atoms with Gasteiger partial charge < -0.3 is 14.6 Å². The van der Waals surface area contributed by atoms with E-state index in [2.05, 4.69) is 27.9 Å². The van der Waals surface area contributed by atoms with Crippen molar-refractivity contribution in [2.24, 2.45) is 0 Å². The summed E-state index contributed by atoms with van der Waals surface area (Å²) in [5, 5.41) is 4.01. The molecule has 0 aliphatic rings. The first-order chi connectivity index (χ1) is 11.2. The summed E-state index contributed by atoms with van der Waals surface area (Å²) in [6.45, 7) is 2.90. The number of carbonyl (C=O) groups is 1. The van der Waals surface area contributed by atoms with Crippen LogP contribution in [0.3, 0.4) is 0 Å². The van der Waals surface area contributed by atoms with E-state index in [1.165, 1.54) is 0 Å². The second kappa shape index (κ2) is 7.14. The second-order valence-corrected chi connectivity index (χ2v) is 6.23. The molecule has 3 rings (SSSR count). The van der Waals surface area contributed by atoms with E-state index in [0.29, 0.717) is 19.0 Å². The van der Waals surface area contributed by atoms with Crippen LogP contribution in [0.4, 0.5) is 5.69 Å². The average molecular weight is 420 g/mol. The Bertz CT molecular complexity index is 842. The summed E-state index contributed by atoms with van der Waals surface area (Å²) in [5.41, 5.74) is 2.40. The molecule has 0 radical (unpaired) electrons. The summed E-state index contributed by atoms with van der Waals surface area (Å²) in [4.78, 5) is 12.7. The predicted octanol–water partition coefficient (Wildman–Crippen LogP) is 4.49. The Morgan fingerprint density at radius 1 is 1.17 bits per heavy atom. The van der Waals surface area contributed by atoms with Gasteiger partial charge in [-0.25, -0.2) is 0 Å². The molecule has 0 aliphatic carbocycles. The lowest BCUT2D eigenvalue weighted by atomic mass is 10.2. The number of halogens is 1. The molecule has 2 aromatic carbocycles. The highest BCUT2D eigenvalue weighted by Gasteiger charge is 2.16. The van der Waals surface area contributed by atoms with E-state index in [1.54, 1.807) is 0 Å². The van der Waals surface area contributed by atoms with Crippen LogP contribution in [-0.4, -0.2) is 17.1 Å². The number of anilines is 1. The maximum absolute atomic E-state index is 12.7. The van der Waals surface area contributed by atoms with Crippen LogP contribution in [0.1, 0.15) is 17.4 Å². The number of nitrogens with one attached hydrogen (secondary N) is 1. The SMILES string of the molecule is CCOCn1c(C(=O)Nc2ccccc2I)cc2ccccc21. The van der Waals surface area contributed by atoms with Gasteiger partial charge in [0.05, 0.1) is 11.2 Å². The molecule has 1 heterocycles. The highest BCUT2D eigenvalue weighted by Crippen LogP contribution is 2.22. The molecule has 0 spiro atoms. The fraction of sp³-hybridized carbons (Fsp3) is 0.167. The Morgan fingerprint density at radius 3 is 2.70 bits per heavy atom. The Morgan fingerprint density at radius 2 is 1.91 bits per heavy atom. The van der Waals surface area contributed by atoms with Crippen molar-refractivity contribution in [3.05, 3.63) is 63.9 Å². The molecule has 0 aliphatic heterocycles. The number of amides is 1. The minimum absolute atomic E-state index is 0.134. The van der Waals surface area contributed by atoms with Crippen LogP contribution in [0, 0.1) is 3.57 Å². The summed E-state index contributed by atoms with van der Waals surface area (Å²) in [6, 6.07) is 17.6. The zero-order valence-corrected chi connectivity index (χ0v) is 14.9. The standard InChI is InChI=1S/C18H17IN2O2/c1-2-23-12-21-16-10-6-3-7-13(16)11-17(21)18(22)20-15-9-5-4-8-14(15)19/h3-11H,2,12H2,1H3,(H,20,22). The summed E-state index contributed by atoms with van der Waals surface area (Å²) in [7, 11) is 0. The van der Waals surface area contributed by atoms with Crippen molar-refractivity contribution in [1.29, 1.82) is 0 Å². The third-order valence-corrected chi connectivity index (χ3v) is 4.53. The molecule has 1 aromatic heterocycles. The van der Waals surface area contributed by atoms with Gasteiger partial charge in [-0.05, 0) is 53.8 Å². The number of hydrogen-bond acceptors (Lipinski definition) is 2. The first-order valence-corrected chi connectivity index (χ1v) is 8.50. The van der Waals surface area contributed by atoms with E-state index in [4.69, 9.17) is 4.74 Å². The Hall–Kier alpha value is -1.86. The quantitative estimate of drug-likeness (QED) is 0.619. The van der Waals surface area contributed by atoms with Crippen molar-refractivity contribution in [3.8, 4) is 0 Å². The minimum Gasteiger partial charge on any atom is -0.361 e. The average Bonchev–Trinajstić information content (AvgIpc) is 2.94. The summed E-state index contributed by atoms with van der Waals surface area (Å²) in [5.74, 6) is -0.134. The number of aromatic nitrogens is 1. The molecule has 3 aromatic rings. The number of ether oxygens (including phenoxy) is 1. The van der Waals surface area contributed by atoms with Crippen molar-refractivity contribution >= 4 is 45.1 Å². The highest BCUT2D eigenvalue weighted by atomic mass is 127. The normalized spacial score (nSPS) is 10.9. The van der Waals surface area contributed by atoms with Crippen molar-refractivity contribution in [1.82, 2.24) is 4.57 Å². The maximum Gasteiger partial charge on any atom is 0.272 e. The van der Waals surface area contributed by atoms with Gasteiger partial charge in [0.2, 0.25) is 0 Å². The Balaban J connectivity index is 1.97. The third-order valence-electron chi connectivity index (χ3n) is 3.59. The van der Waals surface area contributed by atoms with Crippen molar-refractivity contribution in [2.45, 2.75) is 13.7 Å². The van der Waals surface area contributed by atoms with Crippen molar-refractivity contribution in [2.75, 3.05) is 11.9 Å². The Labute approximate surface area is 148 Å². The lowest BCUT2D eigenvalue weighted by Gasteiger charge is -2.11. The van der Waals surface area contributed by atoms with Crippen molar-refractivity contribution in [3.63, 3.8) is 0 Å². The van der Waals surface area contributed by atoms with Crippen LogP contribution >= 0.6 is 22.6 Å². The predicted molar refractivity (Wildman–Crippen MR) is 101 cm³/mol. The van der Waals surface area contributed by atoms with E-state index >= 15 is 0 Å². The molecular formula is C18H17IN2O2. The fourth-order valence-corrected chi connectivity index (χ4v) is 2.99. The molecule has 1 amide bonds. The lowest BCUT2D eigenvalue weighted by Crippen LogP contribution is -2.18. The van der Waals surface area contributed by atoms with Crippen LogP contribution in [0.2, 0.25) is 0 Å². The molecule has 0 saturated heterocycles. The van der Waals surface area contributed by atoms with Crippen LogP contribution in [0.5, 0.6) is 0 Å². The van der Waals surface area contributed by atoms with Gasteiger partial charge in [0.15, 0.2) is 0 Å². The van der Waals surface area contributed by atoms with Crippen LogP contribution in [0.25, 0.3) is 10.9 Å². The number of para-hydroxylation sites is 2. The summed E-state index contributed by atoms with van der Waals surface area (Å²) in [6.07, 6.45) is 0. The number of rotatable bonds is 5. The first-order valence-electron chi connectivity index (χ1n) is 7.42. The fourth-order valence-electron chi connectivity index (χ4n) is 2.47. The van der Waals surface area contributed by atoms with Gasteiger partial charge >= 0.3 is 0 Å². The molecule has 0 saturated carbocycles. The van der Waals surface area contributed by atoms with E-state index in [0.717, 1.165) is 20.2 Å². The molecule has 0 bridgehead atoms. The van der Waals surface area contributed by atoms with Crippen LogP contribution in [0.15, 0.2) is 54.6 Å². The number of nitrogens with zero attached hydrogens (tertiary/aromatic N) is 1. The Kier molecular flexibility index (Phi) is 4.97. The van der Waals surface area contributed by atoms with Crippen LogP contribution < -0.4 is 5.32 Å². The number of benzene rings is 2. The summed E-state index contributed by atoms with van der Waals surface area (Å²) >= 11 is 2.21. The summed E-state index contributed by atoms with van der Waals surface area (Å²) < 4.78 is 8.44. The number of hydrogen-bond donors (Lipinski definition) is 1. The highest BCUT2D eigenvalue weighted by molar-refractivity contribution is 14.1. The first kappa shape index (κ1) is 16.0. The maximum atomic E-state index is 12.7. The van der Waals surface area contributed by atoms with E-state index < -0.39 is 0 Å². The molecule has 0 fully saturated rings. The van der Waals surface area contributed by atoms with Gasteiger partial charge in [-0.1, -0.05) is 30.3 Å². The molecule has 0 unspecified atom stereocenters. The topological polar surface area (TPSA) is 43.3 Å². The van der Waals surface area contributed by atoms with Gasteiger partial charge in [-0.2, -0.15) is 0 Å².